The Kier molecular flexibility index (Phi) is 5.40. The van der Waals surface area contributed by atoms with Crippen molar-refractivity contribution in [3.05, 3.63) is 58.6 Å². The normalized spacial score (nSPS) is 12.4. The molecule has 0 aromatic heterocycles. The molecule has 0 atom stereocenters. The summed E-state index contributed by atoms with van der Waals surface area (Å²) in [6.45, 7) is 6.51. The highest BCUT2D eigenvalue weighted by Gasteiger charge is 2.30. The predicted molar refractivity (Wildman–Crippen MR) is 95.2 cm³/mol. The fourth-order valence-electron chi connectivity index (χ4n) is 1.86. The molecular weight excluding hydrogens is 338 g/mol. The van der Waals surface area contributed by atoms with Crippen LogP contribution in [0.2, 0.25) is 10.0 Å². The molecule has 0 aliphatic rings. The van der Waals surface area contributed by atoms with E-state index in [2.05, 4.69) is 0 Å². The van der Waals surface area contributed by atoms with Gasteiger partial charge >= 0.3 is 0 Å². The van der Waals surface area contributed by atoms with Gasteiger partial charge in [-0.15, -0.1) is 0 Å². The molecule has 0 fully saturated rings. The molecule has 5 heteroatoms. The van der Waals surface area contributed by atoms with Gasteiger partial charge in [0, 0.05) is 20.7 Å². The first-order valence-electron chi connectivity index (χ1n) is 6.98. The van der Waals surface area contributed by atoms with E-state index in [1.165, 1.54) is 0 Å². The Morgan fingerprint density at radius 2 is 1.23 bits per heavy atom. The molecule has 0 aliphatic heterocycles. The van der Waals surface area contributed by atoms with Crippen LogP contribution in [-0.2, 0) is 9.09 Å². The Bertz CT molecular complexity index is 624. The largest absolute Gasteiger partial charge is 0.322 e. The van der Waals surface area contributed by atoms with Gasteiger partial charge in [-0.2, -0.15) is 0 Å². The maximum atomic E-state index is 13.6. The number of rotatable bonds is 4. The molecule has 118 valence electrons. The van der Waals surface area contributed by atoms with Crippen LogP contribution in [0.5, 0.6) is 0 Å². The van der Waals surface area contributed by atoms with Crippen molar-refractivity contribution in [2.45, 2.75) is 20.8 Å². The summed E-state index contributed by atoms with van der Waals surface area (Å²) in [5.74, 6) is 0. The van der Waals surface area contributed by atoms with Crippen molar-refractivity contribution in [3.63, 3.8) is 0 Å². The van der Waals surface area contributed by atoms with E-state index in [-0.39, 0.29) is 5.41 Å². The summed E-state index contributed by atoms with van der Waals surface area (Å²) in [4.78, 5) is 0. The number of halogens is 2. The van der Waals surface area contributed by atoms with Crippen LogP contribution in [0.25, 0.3) is 0 Å². The van der Waals surface area contributed by atoms with E-state index in [0.717, 1.165) is 0 Å². The summed E-state index contributed by atoms with van der Waals surface area (Å²) in [6.07, 6.45) is 0. The Hall–Kier alpha value is -0.790. The van der Waals surface area contributed by atoms with E-state index in [1.54, 1.807) is 48.5 Å². The predicted octanol–water partition coefficient (Wildman–Crippen LogP) is 5.29. The van der Waals surface area contributed by atoms with Crippen LogP contribution in [-0.4, -0.2) is 6.61 Å². The Morgan fingerprint density at radius 1 is 0.864 bits per heavy atom. The first-order chi connectivity index (χ1) is 10.2. The van der Waals surface area contributed by atoms with Crippen LogP contribution in [0.4, 0.5) is 0 Å². The summed E-state index contributed by atoms with van der Waals surface area (Å²) in [7, 11) is -3.18. The lowest BCUT2D eigenvalue weighted by Gasteiger charge is -2.25. The molecule has 0 N–H and O–H groups in total. The second-order valence-electron chi connectivity index (χ2n) is 6.34. The summed E-state index contributed by atoms with van der Waals surface area (Å²) >= 11 is 11.9. The standard InChI is InChI=1S/C17H19Cl2O2P/c1-17(2,3)12-21-22(20,15-8-4-13(18)5-9-15)16-10-6-14(19)7-11-16/h4-11H,12H2,1-3H3. The van der Waals surface area contributed by atoms with Gasteiger partial charge in [-0.25, -0.2) is 0 Å². The van der Waals surface area contributed by atoms with Gasteiger partial charge in [-0.1, -0.05) is 44.0 Å². The minimum absolute atomic E-state index is 0.0888. The zero-order chi connectivity index (χ0) is 16.4. The molecule has 22 heavy (non-hydrogen) atoms. The van der Waals surface area contributed by atoms with Crippen molar-refractivity contribution in [2.24, 2.45) is 5.41 Å². The van der Waals surface area contributed by atoms with Gasteiger partial charge in [0.15, 0.2) is 0 Å². The van der Waals surface area contributed by atoms with Crippen LogP contribution >= 0.6 is 30.6 Å². The molecule has 0 heterocycles. The van der Waals surface area contributed by atoms with Crippen LogP contribution < -0.4 is 10.6 Å². The SMILES string of the molecule is CC(C)(C)COP(=O)(c1ccc(Cl)cc1)c1ccc(Cl)cc1. The summed E-state index contributed by atoms with van der Waals surface area (Å²) < 4.78 is 19.5. The molecular formula is C17H19Cl2O2P. The summed E-state index contributed by atoms with van der Waals surface area (Å²) in [5.41, 5.74) is -0.0888. The van der Waals surface area contributed by atoms with Crippen LogP contribution in [0.1, 0.15) is 20.8 Å². The first-order valence-corrected chi connectivity index (χ1v) is 9.36. The monoisotopic (exact) mass is 356 g/mol. The fraction of sp³-hybridized carbons (Fsp3) is 0.294. The van der Waals surface area contributed by atoms with Gasteiger partial charge in [-0.3, -0.25) is 4.57 Å². The van der Waals surface area contributed by atoms with Crippen molar-refractivity contribution in [1.29, 1.82) is 0 Å². The average Bonchev–Trinajstić information content (AvgIpc) is 2.45. The third-order valence-corrected chi connectivity index (χ3v) is 5.97. The molecule has 0 bridgehead atoms. The zero-order valence-electron chi connectivity index (χ0n) is 12.8. The molecule has 0 saturated carbocycles. The Balaban J connectivity index is 2.46. The van der Waals surface area contributed by atoms with Crippen molar-refractivity contribution in [3.8, 4) is 0 Å². The van der Waals surface area contributed by atoms with Crippen molar-refractivity contribution in [1.82, 2.24) is 0 Å². The quantitative estimate of drug-likeness (QED) is 0.696. The molecule has 2 nitrogen and oxygen atoms in total. The lowest BCUT2D eigenvalue weighted by molar-refractivity contribution is 0.206. The van der Waals surface area contributed by atoms with Gasteiger partial charge in [0.1, 0.15) is 0 Å². The van der Waals surface area contributed by atoms with Gasteiger partial charge in [0.05, 0.1) is 6.61 Å². The topological polar surface area (TPSA) is 26.3 Å². The number of hydrogen-bond donors (Lipinski definition) is 0. The minimum atomic E-state index is -3.18. The van der Waals surface area contributed by atoms with E-state index in [9.17, 15) is 4.57 Å². The Morgan fingerprint density at radius 3 is 1.55 bits per heavy atom. The van der Waals surface area contributed by atoms with E-state index >= 15 is 0 Å². The van der Waals surface area contributed by atoms with Crippen LogP contribution in [0, 0.1) is 5.41 Å². The van der Waals surface area contributed by atoms with Gasteiger partial charge in [0.2, 0.25) is 0 Å². The van der Waals surface area contributed by atoms with E-state index in [4.69, 9.17) is 27.7 Å². The second-order valence-corrected chi connectivity index (χ2v) is 9.61. The smallest absolute Gasteiger partial charge is 0.261 e. The van der Waals surface area contributed by atoms with Gasteiger partial charge < -0.3 is 4.52 Å². The lowest BCUT2D eigenvalue weighted by Crippen LogP contribution is -2.22. The maximum absolute atomic E-state index is 13.6. The van der Waals surface area contributed by atoms with Gasteiger partial charge in [-0.05, 0) is 53.9 Å². The highest BCUT2D eigenvalue weighted by Crippen LogP contribution is 2.46. The molecule has 2 aromatic carbocycles. The Labute approximate surface area is 141 Å². The maximum Gasteiger partial charge on any atom is 0.261 e. The molecule has 0 spiro atoms. The molecule has 2 rings (SSSR count). The highest BCUT2D eigenvalue weighted by molar-refractivity contribution is 7.74. The number of hydrogen-bond acceptors (Lipinski definition) is 2. The third kappa shape index (κ3) is 4.36. The van der Waals surface area contributed by atoms with Crippen molar-refractivity contribution >= 4 is 41.2 Å². The highest BCUT2D eigenvalue weighted by atomic mass is 35.5. The average molecular weight is 357 g/mol. The molecule has 0 saturated heterocycles. The van der Waals surface area contributed by atoms with Crippen molar-refractivity contribution < 1.29 is 9.09 Å². The molecule has 0 amide bonds. The summed E-state index contributed by atoms with van der Waals surface area (Å²) in [6, 6.07) is 13.9. The van der Waals surface area contributed by atoms with E-state index < -0.39 is 7.37 Å². The first kappa shape index (κ1) is 17.6. The lowest BCUT2D eigenvalue weighted by atomic mass is 9.99. The van der Waals surface area contributed by atoms with Crippen molar-refractivity contribution in [2.75, 3.05) is 6.61 Å². The van der Waals surface area contributed by atoms with Crippen LogP contribution in [0.3, 0.4) is 0 Å². The second kappa shape index (κ2) is 6.76. The third-order valence-electron chi connectivity index (χ3n) is 3.01. The van der Waals surface area contributed by atoms with Gasteiger partial charge in [0.25, 0.3) is 7.37 Å². The summed E-state index contributed by atoms with van der Waals surface area (Å²) in [5, 5.41) is 2.45. The molecule has 0 aliphatic carbocycles. The molecule has 0 radical (unpaired) electrons. The molecule has 2 aromatic rings. The minimum Gasteiger partial charge on any atom is -0.322 e. The fourth-order valence-corrected chi connectivity index (χ4v) is 4.36. The zero-order valence-corrected chi connectivity index (χ0v) is 15.3. The van der Waals surface area contributed by atoms with E-state index in [1.807, 2.05) is 20.8 Å². The van der Waals surface area contributed by atoms with E-state index in [0.29, 0.717) is 27.3 Å². The number of benzene rings is 2. The van der Waals surface area contributed by atoms with Crippen LogP contribution in [0.15, 0.2) is 48.5 Å². The molecule has 0 unspecified atom stereocenters.